The zero-order chi connectivity index (χ0) is 22.3. The number of nitrogens with zero attached hydrogens (tertiary/aromatic N) is 2. The molecule has 0 spiro atoms. The number of para-hydroxylation sites is 1. The number of likely N-dealkylation sites (tertiary alicyclic amines) is 1. The number of nitrogens with one attached hydrogen (secondary N) is 1. The summed E-state index contributed by atoms with van der Waals surface area (Å²) in [5, 5.41) is 2.99. The molecule has 0 unspecified atom stereocenters. The number of piperidine rings is 1. The lowest BCUT2D eigenvalue weighted by Gasteiger charge is -2.30. The monoisotopic (exact) mass is 443 g/mol. The van der Waals surface area contributed by atoms with Crippen LogP contribution in [0.2, 0.25) is 0 Å². The zero-order valence-corrected chi connectivity index (χ0v) is 19.3. The lowest BCUT2D eigenvalue weighted by molar-refractivity contribution is -0.122. The Morgan fingerprint density at radius 3 is 2.23 bits per heavy atom. The molecule has 168 valence electrons. The van der Waals surface area contributed by atoms with Crippen molar-refractivity contribution in [1.82, 2.24) is 10.2 Å². The van der Waals surface area contributed by atoms with Gasteiger partial charge in [0.1, 0.15) is 6.04 Å². The van der Waals surface area contributed by atoms with Crippen molar-refractivity contribution < 1.29 is 13.2 Å². The smallest absolute Gasteiger partial charge is 0.244 e. The number of benzene rings is 2. The van der Waals surface area contributed by atoms with Gasteiger partial charge >= 0.3 is 0 Å². The molecule has 1 aliphatic heterocycles. The quantitative estimate of drug-likeness (QED) is 0.644. The van der Waals surface area contributed by atoms with Crippen molar-refractivity contribution in [3.63, 3.8) is 0 Å². The number of carbonyl (C=O) groups excluding carboxylic acids is 1. The molecular formula is C24H33N3O3S. The van der Waals surface area contributed by atoms with Crippen LogP contribution in [0.3, 0.4) is 0 Å². The summed E-state index contributed by atoms with van der Waals surface area (Å²) in [6, 6.07) is 16.1. The zero-order valence-electron chi connectivity index (χ0n) is 18.5. The van der Waals surface area contributed by atoms with E-state index in [4.69, 9.17) is 0 Å². The summed E-state index contributed by atoms with van der Waals surface area (Å²) in [7, 11) is -3.62. The van der Waals surface area contributed by atoms with E-state index in [1.165, 1.54) is 29.1 Å². The highest BCUT2D eigenvalue weighted by Crippen LogP contribution is 2.22. The maximum atomic E-state index is 13.1. The molecule has 1 amide bonds. The topological polar surface area (TPSA) is 69.7 Å². The van der Waals surface area contributed by atoms with Crippen molar-refractivity contribution in [1.29, 1.82) is 0 Å². The van der Waals surface area contributed by atoms with E-state index in [-0.39, 0.29) is 5.91 Å². The second-order valence-electron chi connectivity index (χ2n) is 8.14. The number of rotatable bonds is 9. The summed E-state index contributed by atoms with van der Waals surface area (Å²) in [4.78, 5) is 15.5. The van der Waals surface area contributed by atoms with Crippen LogP contribution in [0.25, 0.3) is 0 Å². The van der Waals surface area contributed by atoms with E-state index in [9.17, 15) is 13.2 Å². The normalized spacial score (nSPS) is 15.9. The van der Waals surface area contributed by atoms with Crippen molar-refractivity contribution in [3.05, 3.63) is 65.7 Å². The van der Waals surface area contributed by atoms with Gasteiger partial charge in [-0.2, -0.15) is 0 Å². The van der Waals surface area contributed by atoms with Crippen molar-refractivity contribution >= 4 is 21.6 Å². The van der Waals surface area contributed by atoms with Gasteiger partial charge in [-0.25, -0.2) is 8.42 Å². The first kappa shape index (κ1) is 23.3. The summed E-state index contributed by atoms with van der Waals surface area (Å²) in [5.74, 6) is -0.287. The Kier molecular flexibility index (Phi) is 8.09. The predicted octanol–water partition coefficient (Wildman–Crippen LogP) is 3.53. The summed E-state index contributed by atoms with van der Waals surface area (Å²) in [6.07, 6.45) is 5.29. The van der Waals surface area contributed by atoms with E-state index in [2.05, 4.69) is 16.3 Å². The molecule has 2 aromatic rings. The molecule has 1 fully saturated rings. The molecule has 0 saturated carbocycles. The Bertz CT molecular complexity index is 957. The maximum Gasteiger partial charge on any atom is 0.244 e. The van der Waals surface area contributed by atoms with Crippen LogP contribution in [0.4, 0.5) is 5.69 Å². The minimum Gasteiger partial charge on any atom is -0.350 e. The molecule has 0 aromatic heterocycles. The van der Waals surface area contributed by atoms with Crippen LogP contribution in [0.5, 0.6) is 0 Å². The second-order valence-corrected chi connectivity index (χ2v) is 10.0. The second kappa shape index (κ2) is 10.8. The van der Waals surface area contributed by atoms with Crippen molar-refractivity contribution in [2.45, 2.75) is 51.7 Å². The Morgan fingerprint density at radius 1 is 1.00 bits per heavy atom. The van der Waals surface area contributed by atoms with E-state index in [0.717, 1.165) is 31.5 Å². The first-order valence-corrected chi connectivity index (χ1v) is 12.9. The summed E-state index contributed by atoms with van der Waals surface area (Å²) in [5.41, 5.74) is 2.78. The molecule has 31 heavy (non-hydrogen) atoms. The van der Waals surface area contributed by atoms with Crippen molar-refractivity contribution in [3.8, 4) is 0 Å². The molecule has 1 atom stereocenters. The Labute approximate surface area is 186 Å². The van der Waals surface area contributed by atoms with Crippen molar-refractivity contribution in [2.75, 3.05) is 23.7 Å². The van der Waals surface area contributed by atoms with E-state index in [1.807, 2.05) is 31.2 Å². The summed E-state index contributed by atoms with van der Waals surface area (Å²) in [6.45, 7) is 5.31. The van der Waals surface area contributed by atoms with Gasteiger partial charge in [-0.3, -0.25) is 14.0 Å². The van der Waals surface area contributed by atoms with Gasteiger partial charge in [0.05, 0.1) is 11.9 Å². The van der Waals surface area contributed by atoms with Crippen LogP contribution >= 0.6 is 0 Å². The molecule has 3 rings (SSSR count). The predicted molar refractivity (Wildman–Crippen MR) is 125 cm³/mol. The third-order valence-corrected chi connectivity index (χ3v) is 6.93. The average molecular weight is 444 g/mol. The highest BCUT2D eigenvalue weighted by atomic mass is 32.2. The Hall–Kier alpha value is -2.38. The molecule has 1 heterocycles. The van der Waals surface area contributed by atoms with Gasteiger partial charge < -0.3 is 5.32 Å². The molecule has 2 aromatic carbocycles. The summed E-state index contributed by atoms with van der Waals surface area (Å²) < 4.78 is 26.3. The molecule has 6 nitrogen and oxygen atoms in total. The van der Waals surface area contributed by atoms with Crippen LogP contribution in [0.15, 0.2) is 54.6 Å². The van der Waals surface area contributed by atoms with E-state index >= 15 is 0 Å². The van der Waals surface area contributed by atoms with Crippen LogP contribution in [0, 0.1) is 0 Å². The minimum absolute atomic E-state index is 0.287. The van der Waals surface area contributed by atoms with Gasteiger partial charge in [0.25, 0.3) is 0 Å². The number of amides is 1. The Balaban J connectivity index is 1.73. The SMILES string of the molecule is CC[C@@H](C(=O)NCc1ccccc1CN1CCCCC1)N(c1ccccc1)S(C)(=O)=O. The first-order chi connectivity index (χ1) is 14.9. The van der Waals surface area contributed by atoms with Crippen LogP contribution < -0.4 is 9.62 Å². The number of sulfonamides is 1. The van der Waals surface area contributed by atoms with Gasteiger partial charge in [0.15, 0.2) is 0 Å². The van der Waals surface area contributed by atoms with E-state index < -0.39 is 16.1 Å². The number of carbonyl (C=O) groups is 1. The van der Waals surface area contributed by atoms with Gasteiger partial charge in [0.2, 0.25) is 15.9 Å². The molecule has 0 aliphatic carbocycles. The minimum atomic E-state index is -3.62. The van der Waals surface area contributed by atoms with Crippen LogP contribution in [-0.2, 0) is 27.9 Å². The van der Waals surface area contributed by atoms with Crippen molar-refractivity contribution in [2.24, 2.45) is 0 Å². The largest absolute Gasteiger partial charge is 0.350 e. The Morgan fingerprint density at radius 2 is 1.61 bits per heavy atom. The van der Waals surface area contributed by atoms with Gasteiger partial charge in [-0.1, -0.05) is 55.8 Å². The third kappa shape index (κ3) is 6.31. The standard InChI is InChI=1S/C24H33N3O3S/c1-3-23(27(31(2,29)30)22-14-6-4-7-15-22)24(28)25-18-20-12-8-9-13-21(20)19-26-16-10-5-11-17-26/h4,6-9,12-15,23H,3,5,10-11,16-19H2,1-2H3,(H,25,28)/t23-/m0/s1. The molecular weight excluding hydrogens is 410 g/mol. The van der Waals surface area contributed by atoms with E-state index in [0.29, 0.717) is 18.7 Å². The van der Waals surface area contributed by atoms with Crippen LogP contribution in [-0.4, -0.2) is 44.6 Å². The number of hydrogen-bond acceptors (Lipinski definition) is 4. The molecule has 1 N–H and O–H groups in total. The fraction of sp³-hybridized carbons (Fsp3) is 0.458. The highest BCUT2D eigenvalue weighted by molar-refractivity contribution is 7.92. The fourth-order valence-electron chi connectivity index (χ4n) is 4.18. The lowest BCUT2D eigenvalue weighted by Crippen LogP contribution is -2.49. The average Bonchev–Trinajstić information content (AvgIpc) is 2.77. The highest BCUT2D eigenvalue weighted by Gasteiger charge is 2.31. The third-order valence-electron chi connectivity index (χ3n) is 5.75. The molecule has 1 aliphatic rings. The lowest BCUT2D eigenvalue weighted by atomic mass is 10.0. The molecule has 0 radical (unpaired) electrons. The first-order valence-electron chi connectivity index (χ1n) is 11.0. The van der Waals surface area contributed by atoms with Crippen LogP contribution in [0.1, 0.15) is 43.7 Å². The molecule has 1 saturated heterocycles. The van der Waals surface area contributed by atoms with Gasteiger partial charge in [0, 0.05) is 13.1 Å². The molecule has 0 bridgehead atoms. The maximum absolute atomic E-state index is 13.1. The van der Waals surface area contributed by atoms with Gasteiger partial charge in [-0.15, -0.1) is 0 Å². The summed E-state index contributed by atoms with van der Waals surface area (Å²) >= 11 is 0. The van der Waals surface area contributed by atoms with E-state index in [1.54, 1.807) is 24.3 Å². The number of hydrogen-bond donors (Lipinski definition) is 1. The van der Waals surface area contributed by atoms with Gasteiger partial charge in [-0.05, 0) is 55.6 Å². The fourth-order valence-corrected chi connectivity index (χ4v) is 5.39. The molecule has 7 heteroatoms. The number of anilines is 1.